The number of rotatable bonds is 0. The topological polar surface area (TPSA) is 58.2 Å². The molecule has 2 aliphatic heterocycles. The maximum atomic E-state index is 10.4. The molecule has 0 radical (unpaired) electrons. The largest absolute Gasteiger partial charge is 0.356 e. The van der Waals surface area contributed by atoms with Crippen LogP contribution in [0.4, 0.5) is 0 Å². The molecule has 0 unspecified atom stereocenters. The molecule has 2 saturated heterocycles. The van der Waals surface area contributed by atoms with E-state index in [0.29, 0.717) is 5.78 Å². The van der Waals surface area contributed by atoms with Gasteiger partial charge in [-0.2, -0.15) is 0 Å². The number of carbonyl (C=O) groups is 2. The van der Waals surface area contributed by atoms with Crippen molar-refractivity contribution < 1.29 is 9.59 Å². The summed E-state index contributed by atoms with van der Waals surface area (Å²) < 4.78 is 0. The zero-order valence-corrected chi connectivity index (χ0v) is 8.47. The van der Waals surface area contributed by atoms with Gasteiger partial charge in [-0.05, 0) is 12.8 Å². The normalized spacial score (nSPS) is 22.0. The first-order valence-electron chi connectivity index (χ1n) is 5.28. The Bertz CT molecular complexity index is 166. The van der Waals surface area contributed by atoms with E-state index in [2.05, 4.69) is 10.6 Å². The molecule has 0 atom stereocenters. The number of hydrogen-bond donors (Lipinski definition) is 2. The van der Waals surface area contributed by atoms with Gasteiger partial charge >= 0.3 is 0 Å². The fourth-order valence-corrected chi connectivity index (χ4v) is 1.43. The summed E-state index contributed by atoms with van der Waals surface area (Å²) in [7, 11) is 0. The van der Waals surface area contributed by atoms with Crippen molar-refractivity contribution in [3.8, 4) is 0 Å². The van der Waals surface area contributed by atoms with Crippen molar-refractivity contribution in [3.63, 3.8) is 0 Å². The van der Waals surface area contributed by atoms with Gasteiger partial charge in [0.15, 0.2) is 0 Å². The highest BCUT2D eigenvalue weighted by molar-refractivity contribution is 5.79. The van der Waals surface area contributed by atoms with Crippen LogP contribution in [0.2, 0.25) is 0 Å². The summed E-state index contributed by atoms with van der Waals surface area (Å²) in [6, 6.07) is 0. The van der Waals surface area contributed by atoms with Crippen LogP contribution < -0.4 is 10.6 Å². The molecule has 4 nitrogen and oxygen atoms in total. The Hall–Kier alpha value is -0.900. The lowest BCUT2D eigenvalue weighted by molar-refractivity contribution is -0.122. The lowest BCUT2D eigenvalue weighted by Crippen LogP contribution is -2.28. The van der Waals surface area contributed by atoms with Crippen LogP contribution in [0.3, 0.4) is 0 Å². The van der Waals surface area contributed by atoms with Crippen molar-refractivity contribution in [2.45, 2.75) is 32.1 Å². The number of ketones is 1. The maximum absolute atomic E-state index is 10.4. The van der Waals surface area contributed by atoms with Crippen LogP contribution in [-0.2, 0) is 9.59 Å². The molecule has 0 aromatic rings. The summed E-state index contributed by atoms with van der Waals surface area (Å²) in [6.45, 7) is 2.66. The van der Waals surface area contributed by atoms with E-state index in [4.69, 9.17) is 0 Å². The van der Waals surface area contributed by atoms with Crippen molar-refractivity contribution >= 4 is 11.7 Å². The molecule has 2 rings (SSSR count). The molecular weight excluding hydrogens is 180 g/mol. The van der Waals surface area contributed by atoms with Gasteiger partial charge in [-0.15, -0.1) is 0 Å². The molecule has 2 fully saturated rings. The zero-order valence-electron chi connectivity index (χ0n) is 8.47. The first-order valence-corrected chi connectivity index (χ1v) is 5.28. The highest BCUT2D eigenvalue weighted by atomic mass is 16.1. The average molecular weight is 198 g/mol. The van der Waals surface area contributed by atoms with E-state index in [0.717, 1.165) is 51.7 Å². The summed E-state index contributed by atoms with van der Waals surface area (Å²) in [6.07, 6.45) is 4.44. The molecule has 2 aliphatic rings. The molecule has 1 amide bonds. The molecule has 0 bridgehead atoms. The lowest BCUT2D eigenvalue weighted by Gasteiger charge is -2.08. The van der Waals surface area contributed by atoms with Crippen molar-refractivity contribution in [1.82, 2.24) is 10.6 Å². The first-order chi connectivity index (χ1) is 6.79. The van der Waals surface area contributed by atoms with E-state index in [1.54, 1.807) is 0 Å². The van der Waals surface area contributed by atoms with Gasteiger partial charge in [-0.1, -0.05) is 0 Å². The Morgan fingerprint density at radius 1 is 0.857 bits per heavy atom. The number of hydrogen-bond acceptors (Lipinski definition) is 3. The summed E-state index contributed by atoms with van der Waals surface area (Å²) in [5.74, 6) is 0.616. The molecule has 4 heteroatoms. The minimum absolute atomic E-state index is 0.214. The fourth-order valence-electron chi connectivity index (χ4n) is 1.43. The Kier molecular flexibility index (Phi) is 5.22. The lowest BCUT2D eigenvalue weighted by atomic mass is 10.1. The summed E-state index contributed by atoms with van der Waals surface area (Å²) in [5, 5.41) is 5.84. The second kappa shape index (κ2) is 6.54. The molecular formula is C10H18N2O2. The van der Waals surface area contributed by atoms with E-state index in [-0.39, 0.29) is 5.91 Å². The third-order valence-electron chi connectivity index (χ3n) is 2.31. The molecule has 2 heterocycles. The Labute approximate surface area is 84.4 Å². The Morgan fingerprint density at radius 3 is 1.86 bits per heavy atom. The molecule has 0 aliphatic carbocycles. The monoisotopic (exact) mass is 198 g/mol. The molecule has 0 aromatic heterocycles. The minimum atomic E-state index is 0.214. The standard InChI is InChI=1S/2C5H9NO/c7-5-1-3-6-4-2-5;7-5-3-1-2-4-6-5/h6H,1-4H2;1-4H2,(H,6,7). The van der Waals surface area contributed by atoms with E-state index in [1.165, 1.54) is 0 Å². The summed E-state index contributed by atoms with van der Waals surface area (Å²) in [4.78, 5) is 20.8. The van der Waals surface area contributed by atoms with Gasteiger partial charge < -0.3 is 10.6 Å². The van der Waals surface area contributed by atoms with Crippen molar-refractivity contribution in [2.24, 2.45) is 0 Å². The number of amides is 1. The fraction of sp³-hybridized carbons (Fsp3) is 0.800. The third-order valence-corrected chi connectivity index (χ3v) is 2.31. The molecule has 0 saturated carbocycles. The second-order valence-corrected chi connectivity index (χ2v) is 3.60. The molecule has 80 valence electrons. The van der Waals surface area contributed by atoms with Crippen LogP contribution in [0.25, 0.3) is 0 Å². The van der Waals surface area contributed by atoms with Gasteiger partial charge in [0, 0.05) is 38.9 Å². The molecule has 2 N–H and O–H groups in total. The van der Waals surface area contributed by atoms with E-state index in [1.807, 2.05) is 0 Å². The van der Waals surface area contributed by atoms with Crippen LogP contribution in [0.15, 0.2) is 0 Å². The quantitative estimate of drug-likeness (QED) is 0.585. The van der Waals surface area contributed by atoms with Crippen LogP contribution in [0.1, 0.15) is 32.1 Å². The zero-order chi connectivity index (χ0) is 10.2. The van der Waals surface area contributed by atoms with E-state index >= 15 is 0 Å². The van der Waals surface area contributed by atoms with Crippen molar-refractivity contribution in [1.29, 1.82) is 0 Å². The van der Waals surface area contributed by atoms with Gasteiger partial charge in [-0.25, -0.2) is 0 Å². The second-order valence-electron chi connectivity index (χ2n) is 3.60. The number of carbonyl (C=O) groups excluding carboxylic acids is 2. The average Bonchev–Trinajstić information content (AvgIpc) is 2.21. The molecule has 14 heavy (non-hydrogen) atoms. The first kappa shape index (κ1) is 11.2. The van der Waals surface area contributed by atoms with Gasteiger partial charge in [0.25, 0.3) is 0 Å². The Balaban J connectivity index is 0.000000140. The van der Waals surface area contributed by atoms with Crippen LogP contribution in [0, 0.1) is 0 Å². The van der Waals surface area contributed by atoms with Crippen LogP contribution in [0.5, 0.6) is 0 Å². The minimum Gasteiger partial charge on any atom is -0.356 e. The highest BCUT2D eigenvalue weighted by Crippen LogP contribution is 1.98. The predicted octanol–water partition coefficient (Wildman–Crippen LogP) is 0.225. The third kappa shape index (κ3) is 4.97. The highest BCUT2D eigenvalue weighted by Gasteiger charge is 2.05. The molecule has 0 aromatic carbocycles. The number of piperidine rings is 2. The van der Waals surface area contributed by atoms with Gasteiger partial charge in [0.05, 0.1) is 0 Å². The summed E-state index contributed by atoms with van der Waals surface area (Å²) >= 11 is 0. The maximum Gasteiger partial charge on any atom is 0.219 e. The number of Topliss-reactive ketones (excluding diaryl/α,β-unsaturated/α-hetero) is 1. The van der Waals surface area contributed by atoms with E-state index < -0.39 is 0 Å². The van der Waals surface area contributed by atoms with E-state index in [9.17, 15) is 9.59 Å². The van der Waals surface area contributed by atoms with Crippen LogP contribution >= 0.6 is 0 Å². The Morgan fingerprint density at radius 2 is 1.57 bits per heavy atom. The predicted molar refractivity (Wildman–Crippen MR) is 54.0 cm³/mol. The molecule has 0 spiro atoms. The van der Waals surface area contributed by atoms with Crippen molar-refractivity contribution in [3.05, 3.63) is 0 Å². The summed E-state index contributed by atoms with van der Waals surface area (Å²) in [5.41, 5.74) is 0. The van der Waals surface area contributed by atoms with Gasteiger partial charge in [-0.3, -0.25) is 9.59 Å². The van der Waals surface area contributed by atoms with Gasteiger partial charge in [0.1, 0.15) is 5.78 Å². The smallest absolute Gasteiger partial charge is 0.219 e. The SMILES string of the molecule is O=C1CCCCN1.O=C1CCNCC1. The van der Waals surface area contributed by atoms with Gasteiger partial charge in [0.2, 0.25) is 5.91 Å². The van der Waals surface area contributed by atoms with Crippen molar-refractivity contribution in [2.75, 3.05) is 19.6 Å². The number of nitrogens with one attached hydrogen (secondary N) is 2. The van der Waals surface area contributed by atoms with Crippen LogP contribution in [-0.4, -0.2) is 31.3 Å².